The lowest BCUT2D eigenvalue weighted by Gasteiger charge is -2.34. The van der Waals surface area contributed by atoms with Crippen LogP contribution in [-0.4, -0.2) is 69.0 Å². The highest BCUT2D eigenvalue weighted by molar-refractivity contribution is 5.98. The second kappa shape index (κ2) is 8.59. The van der Waals surface area contributed by atoms with Gasteiger partial charge in [-0.15, -0.1) is 10.2 Å². The fraction of sp³-hybridized carbons (Fsp3) is 0.292. The van der Waals surface area contributed by atoms with Crippen LogP contribution in [0.25, 0.3) is 33.3 Å². The van der Waals surface area contributed by atoms with Crippen LogP contribution >= 0.6 is 0 Å². The highest BCUT2D eigenvalue weighted by atomic mass is 16.1. The van der Waals surface area contributed by atoms with E-state index in [2.05, 4.69) is 43.5 Å². The number of carbonyl (C=O) groups excluding carboxylic acids is 1. The number of carbonyl (C=O) groups is 1. The van der Waals surface area contributed by atoms with Crippen molar-refractivity contribution in [3.63, 3.8) is 0 Å². The number of anilines is 2. The van der Waals surface area contributed by atoms with Crippen LogP contribution in [0.1, 0.15) is 6.92 Å². The third-order valence-electron chi connectivity index (χ3n) is 5.92. The molecular weight excluding hydrogens is 416 g/mol. The van der Waals surface area contributed by atoms with Crippen LogP contribution in [0.5, 0.6) is 0 Å². The molecule has 0 saturated carbocycles. The van der Waals surface area contributed by atoms with Crippen molar-refractivity contribution in [2.24, 2.45) is 7.05 Å². The molecule has 1 fully saturated rings. The van der Waals surface area contributed by atoms with Crippen molar-refractivity contribution >= 4 is 28.3 Å². The molecule has 5 rings (SSSR count). The molecule has 0 radical (unpaired) electrons. The number of likely N-dealkylation sites (N-methyl/N-ethyl adjacent to an activating group) is 1. The number of fused-ring (bicyclic) bond motifs is 1. The lowest BCUT2D eigenvalue weighted by atomic mass is 10.0. The summed E-state index contributed by atoms with van der Waals surface area (Å²) in [6, 6.07) is 9.91. The van der Waals surface area contributed by atoms with E-state index in [1.54, 1.807) is 10.9 Å². The zero-order chi connectivity index (χ0) is 22.9. The van der Waals surface area contributed by atoms with Crippen molar-refractivity contribution in [3.05, 3.63) is 48.9 Å². The molecule has 1 aliphatic rings. The molecule has 4 aromatic rings. The Kier molecular flexibility index (Phi) is 5.47. The molecule has 1 amide bonds. The van der Waals surface area contributed by atoms with Crippen LogP contribution in [0.3, 0.4) is 0 Å². The van der Waals surface area contributed by atoms with E-state index >= 15 is 0 Å². The zero-order valence-corrected chi connectivity index (χ0v) is 19.0. The molecule has 1 saturated heterocycles. The van der Waals surface area contributed by atoms with E-state index in [1.165, 1.54) is 6.92 Å². The minimum Gasteiger partial charge on any atom is -0.353 e. The van der Waals surface area contributed by atoms with Gasteiger partial charge in [-0.3, -0.25) is 9.48 Å². The quantitative estimate of drug-likeness (QED) is 0.520. The van der Waals surface area contributed by atoms with Gasteiger partial charge in [0.05, 0.1) is 28.7 Å². The van der Waals surface area contributed by atoms with Crippen LogP contribution in [-0.2, 0) is 11.8 Å². The molecule has 1 aromatic carbocycles. The number of nitrogens with zero attached hydrogens (tertiary/aromatic N) is 7. The van der Waals surface area contributed by atoms with Crippen molar-refractivity contribution in [1.29, 1.82) is 0 Å². The van der Waals surface area contributed by atoms with Crippen LogP contribution in [0.4, 0.5) is 11.5 Å². The smallest absolute Gasteiger partial charge is 0.221 e. The average molecular weight is 443 g/mol. The predicted molar refractivity (Wildman–Crippen MR) is 129 cm³/mol. The summed E-state index contributed by atoms with van der Waals surface area (Å²) in [5.74, 6) is 0.672. The first-order valence-electron chi connectivity index (χ1n) is 10.9. The summed E-state index contributed by atoms with van der Waals surface area (Å²) >= 11 is 0. The number of hydrogen-bond donors (Lipinski definition) is 1. The zero-order valence-electron chi connectivity index (χ0n) is 19.0. The standard InChI is InChI=1S/C24H26N8O/c1-16(33)27-21-6-7-25-24(32-10-8-30(2)9-11-32)23(21)22-13-18-12-17(4-5-20(18)28-29-22)19-14-26-31(3)15-19/h4-7,12-15H,8-11H2,1-3H3,(H,25,27,33). The number of amides is 1. The van der Waals surface area contributed by atoms with Crippen molar-refractivity contribution in [2.75, 3.05) is 43.4 Å². The molecule has 9 nitrogen and oxygen atoms in total. The van der Waals surface area contributed by atoms with Gasteiger partial charge in [-0.1, -0.05) is 6.07 Å². The third kappa shape index (κ3) is 4.27. The molecule has 0 aliphatic carbocycles. The average Bonchev–Trinajstić information content (AvgIpc) is 3.25. The van der Waals surface area contributed by atoms with E-state index in [-0.39, 0.29) is 5.91 Å². The molecule has 0 atom stereocenters. The number of nitrogens with one attached hydrogen (secondary N) is 1. The lowest BCUT2D eigenvalue weighted by Crippen LogP contribution is -2.45. The third-order valence-corrected chi connectivity index (χ3v) is 5.92. The van der Waals surface area contributed by atoms with Gasteiger partial charge in [0.15, 0.2) is 0 Å². The van der Waals surface area contributed by atoms with Gasteiger partial charge in [-0.2, -0.15) is 5.10 Å². The SMILES string of the molecule is CC(=O)Nc1ccnc(N2CCN(C)CC2)c1-c1cc2cc(-c3cnn(C)c3)ccc2nn1. The minimum absolute atomic E-state index is 0.139. The molecule has 0 spiro atoms. The van der Waals surface area contributed by atoms with Crippen molar-refractivity contribution in [2.45, 2.75) is 6.92 Å². The van der Waals surface area contributed by atoms with Crippen molar-refractivity contribution in [3.8, 4) is 22.4 Å². The second-order valence-electron chi connectivity index (χ2n) is 8.43. The van der Waals surface area contributed by atoms with Crippen molar-refractivity contribution in [1.82, 2.24) is 29.9 Å². The number of hydrogen-bond acceptors (Lipinski definition) is 7. The Morgan fingerprint density at radius 3 is 2.55 bits per heavy atom. The Labute approximate surface area is 192 Å². The Morgan fingerprint density at radius 1 is 1.00 bits per heavy atom. The number of pyridine rings is 1. The number of aryl methyl sites for hydroxylation is 1. The molecule has 33 heavy (non-hydrogen) atoms. The second-order valence-corrected chi connectivity index (χ2v) is 8.43. The van der Waals surface area contributed by atoms with Crippen LogP contribution in [0, 0.1) is 0 Å². The summed E-state index contributed by atoms with van der Waals surface area (Å²) in [4.78, 5) is 21.2. The van der Waals surface area contributed by atoms with Gasteiger partial charge in [-0.05, 0) is 36.9 Å². The Bertz CT molecular complexity index is 1320. The monoisotopic (exact) mass is 442 g/mol. The minimum atomic E-state index is -0.139. The van der Waals surface area contributed by atoms with Crippen LogP contribution in [0.15, 0.2) is 48.9 Å². The van der Waals surface area contributed by atoms with E-state index in [1.807, 2.05) is 43.7 Å². The maximum Gasteiger partial charge on any atom is 0.221 e. The summed E-state index contributed by atoms with van der Waals surface area (Å²) in [6.45, 7) is 5.11. The van der Waals surface area contributed by atoms with E-state index < -0.39 is 0 Å². The van der Waals surface area contributed by atoms with Gasteiger partial charge >= 0.3 is 0 Å². The fourth-order valence-electron chi connectivity index (χ4n) is 4.17. The van der Waals surface area contributed by atoms with E-state index in [4.69, 9.17) is 4.98 Å². The maximum absolute atomic E-state index is 11.9. The fourth-order valence-corrected chi connectivity index (χ4v) is 4.17. The van der Waals surface area contributed by atoms with Gasteiger partial charge in [0.2, 0.25) is 5.91 Å². The first-order valence-corrected chi connectivity index (χ1v) is 10.9. The van der Waals surface area contributed by atoms with Crippen LogP contribution < -0.4 is 10.2 Å². The molecule has 1 N–H and O–H groups in total. The number of piperazine rings is 1. The molecule has 4 heterocycles. The molecule has 1 aliphatic heterocycles. The number of rotatable bonds is 4. The predicted octanol–water partition coefficient (Wildman–Crippen LogP) is 2.80. The normalized spacial score (nSPS) is 14.6. The molecule has 9 heteroatoms. The first-order chi connectivity index (χ1) is 16.0. The molecule has 3 aromatic heterocycles. The Morgan fingerprint density at radius 2 is 1.82 bits per heavy atom. The molecule has 168 valence electrons. The molecule has 0 bridgehead atoms. The molecule has 0 unspecified atom stereocenters. The summed E-state index contributed by atoms with van der Waals surface area (Å²) < 4.78 is 1.79. The van der Waals surface area contributed by atoms with Gasteiger partial charge in [0.1, 0.15) is 5.82 Å². The van der Waals surface area contributed by atoms with Gasteiger partial charge in [-0.25, -0.2) is 4.98 Å². The largest absolute Gasteiger partial charge is 0.353 e. The van der Waals surface area contributed by atoms with E-state index in [9.17, 15) is 4.79 Å². The van der Waals surface area contributed by atoms with Crippen LogP contribution in [0.2, 0.25) is 0 Å². The summed E-state index contributed by atoms with van der Waals surface area (Å²) in [5, 5.41) is 17.2. The molecular formula is C24H26N8O. The summed E-state index contributed by atoms with van der Waals surface area (Å²) in [7, 11) is 4.02. The lowest BCUT2D eigenvalue weighted by molar-refractivity contribution is -0.114. The highest BCUT2D eigenvalue weighted by Gasteiger charge is 2.23. The Hall–Kier alpha value is -3.85. The maximum atomic E-state index is 11.9. The van der Waals surface area contributed by atoms with Gasteiger partial charge in [0, 0.05) is 63.5 Å². The topological polar surface area (TPSA) is 92.1 Å². The van der Waals surface area contributed by atoms with Gasteiger partial charge < -0.3 is 15.1 Å². The highest BCUT2D eigenvalue weighted by Crippen LogP contribution is 2.36. The first kappa shape index (κ1) is 21.0. The van der Waals surface area contributed by atoms with Gasteiger partial charge in [0.25, 0.3) is 0 Å². The van der Waals surface area contributed by atoms with Crippen molar-refractivity contribution < 1.29 is 4.79 Å². The van der Waals surface area contributed by atoms with E-state index in [0.717, 1.165) is 59.6 Å². The number of aromatic nitrogens is 5. The summed E-state index contributed by atoms with van der Waals surface area (Å²) in [5.41, 5.74) is 5.05. The number of benzene rings is 1. The summed E-state index contributed by atoms with van der Waals surface area (Å²) in [6.07, 6.45) is 5.56. The Balaban J connectivity index is 1.63. The van der Waals surface area contributed by atoms with E-state index in [0.29, 0.717) is 11.4 Å².